The Kier molecular flexibility index (Phi) is 4.61. The quantitative estimate of drug-likeness (QED) is 0.642. The predicted molar refractivity (Wildman–Crippen MR) is 77.9 cm³/mol. The minimum absolute atomic E-state index is 0.357. The van der Waals surface area contributed by atoms with Crippen LogP contribution in [0.1, 0.15) is 25.3 Å². The monoisotopic (exact) mass is 280 g/mol. The Morgan fingerprint density at radius 3 is 3.05 bits per heavy atom. The molecule has 1 heterocycles. The number of allylic oxidation sites excluding steroid dienone is 1. The average molecular weight is 280 g/mol. The summed E-state index contributed by atoms with van der Waals surface area (Å²) in [4.78, 5) is 0.357. The van der Waals surface area contributed by atoms with Crippen LogP contribution in [0, 0.1) is 0 Å². The fraction of sp³-hybridized carbons (Fsp3) is 0.429. The van der Waals surface area contributed by atoms with Crippen LogP contribution in [-0.2, 0) is 16.4 Å². The SMILES string of the molecule is C/C=C/CCNS(=O)(=O)c1ccc2c(c1)CCCN2. The maximum absolute atomic E-state index is 12.1. The molecule has 1 aliphatic rings. The number of hydrogen-bond donors (Lipinski definition) is 2. The molecule has 5 heteroatoms. The lowest BCUT2D eigenvalue weighted by Crippen LogP contribution is -2.25. The van der Waals surface area contributed by atoms with E-state index in [9.17, 15) is 8.42 Å². The lowest BCUT2D eigenvalue weighted by atomic mass is 10.0. The molecule has 0 saturated heterocycles. The van der Waals surface area contributed by atoms with Crippen LogP contribution in [-0.4, -0.2) is 21.5 Å². The molecule has 19 heavy (non-hydrogen) atoms. The van der Waals surface area contributed by atoms with Gasteiger partial charge in [-0.15, -0.1) is 0 Å². The highest BCUT2D eigenvalue weighted by atomic mass is 32.2. The first kappa shape index (κ1) is 14.1. The van der Waals surface area contributed by atoms with Crippen molar-refractivity contribution in [3.05, 3.63) is 35.9 Å². The van der Waals surface area contributed by atoms with Crippen LogP contribution < -0.4 is 10.0 Å². The third-order valence-corrected chi connectivity index (χ3v) is 4.62. The molecule has 4 nitrogen and oxygen atoms in total. The van der Waals surface area contributed by atoms with Gasteiger partial charge in [0.1, 0.15) is 0 Å². The Morgan fingerprint density at radius 2 is 2.26 bits per heavy atom. The van der Waals surface area contributed by atoms with E-state index in [0.29, 0.717) is 17.9 Å². The number of fused-ring (bicyclic) bond motifs is 1. The molecular formula is C14H20N2O2S. The molecule has 104 valence electrons. The molecule has 0 amide bonds. The molecule has 2 rings (SSSR count). The summed E-state index contributed by atoms with van der Waals surface area (Å²) in [6.45, 7) is 3.31. The maximum atomic E-state index is 12.1. The van der Waals surface area contributed by atoms with E-state index in [2.05, 4.69) is 10.0 Å². The van der Waals surface area contributed by atoms with Gasteiger partial charge >= 0.3 is 0 Å². The van der Waals surface area contributed by atoms with Gasteiger partial charge in [0.2, 0.25) is 10.0 Å². The van der Waals surface area contributed by atoms with Gasteiger partial charge in [0.05, 0.1) is 4.90 Å². The van der Waals surface area contributed by atoms with Crippen molar-refractivity contribution < 1.29 is 8.42 Å². The largest absolute Gasteiger partial charge is 0.385 e. The number of benzene rings is 1. The van der Waals surface area contributed by atoms with Crippen molar-refractivity contribution >= 4 is 15.7 Å². The third kappa shape index (κ3) is 3.58. The number of rotatable bonds is 5. The summed E-state index contributed by atoms with van der Waals surface area (Å²) >= 11 is 0. The summed E-state index contributed by atoms with van der Waals surface area (Å²) in [7, 11) is -3.39. The lowest BCUT2D eigenvalue weighted by Gasteiger charge is -2.18. The molecule has 1 aromatic carbocycles. The first-order valence-electron chi connectivity index (χ1n) is 6.61. The third-order valence-electron chi connectivity index (χ3n) is 3.16. The van der Waals surface area contributed by atoms with Crippen molar-refractivity contribution in [2.24, 2.45) is 0 Å². The molecule has 1 aromatic rings. The number of aryl methyl sites for hydroxylation is 1. The van der Waals surface area contributed by atoms with Crippen molar-refractivity contribution in [3.8, 4) is 0 Å². The molecule has 1 aliphatic heterocycles. The van der Waals surface area contributed by atoms with Gasteiger partial charge < -0.3 is 5.32 Å². The van der Waals surface area contributed by atoms with Crippen molar-refractivity contribution in [2.45, 2.75) is 31.1 Å². The molecule has 0 bridgehead atoms. The molecule has 0 radical (unpaired) electrons. The van der Waals surface area contributed by atoms with E-state index in [1.807, 2.05) is 25.1 Å². The fourth-order valence-electron chi connectivity index (χ4n) is 2.15. The van der Waals surface area contributed by atoms with E-state index >= 15 is 0 Å². The fourth-order valence-corrected chi connectivity index (χ4v) is 3.24. The smallest absolute Gasteiger partial charge is 0.240 e. The standard InChI is InChI=1S/C14H20N2O2S/c1-2-3-4-10-16-19(17,18)13-7-8-14-12(11-13)6-5-9-15-14/h2-3,7-8,11,15-16H,4-6,9-10H2,1H3/b3-2+. The Labute approximate surface area is 115 Å². The summed E-state index contributed by atoms with van der Waals surface area (Å²) in [5.41, 5.74) is 2.14. The van der Waals surface area contributed by atoms with Crippen LogP contribution in [0.2, 0.25) is 0 Å². The van der Waals surface area contributed by atoms with Crippen LogP contribution >= 0.6 is 0 Å². The van der Waals surface area contributed by atoms with Crippen molar-refractivity contribution in [1.29, 1.82) is 0 Å². The maximum Gasteiger partial charge on any atom is 0.240 e. The van der Waals surface area contributed by atoms with Gasteiger partial charge in [-0.1, -0.05) is 12.2 Å². The van der Waals surface area contributed by atoms with Gasteiger partial charge in [0.25, 0.3) is 0 Å². The zero-order chi connectivity index (χ0) is 13.7. The second kappa shape index (κ2) is 6.21. The molecule has 2 N–H and O–H groups in total. The molecular weight excluding hydrogens is 260 g/mol. The lowest BCUT2D eigenvalue weighted by molar-refractivity contribution is 0.582. The number of sulfonamides is 1. The van der Waals surface area contributed by atoms with Crippen LogP contribution in [0.5, 0.6) is 0 Å². The van der Waals surface area contributed by atoms with E-state index in [1.54, 1.807) is 12.1 Å². The summed E-state index contributed by atoms with van der Waals surface area (Å²) in [6, 6.07) is 5.30. The van der Waals surface area contributed by atoms with Gasteiger partial charge in [0, 0.05) is 18.8 Å². The van der Waals surface area contributed by atoms with Gasteiger partial charge in [-0.2, -0.15) is 0 Å². The Bertz CT molecular complexity index is 565. The van der Waals surface area contributed by atoms with Gasteiger partial charge in [-0.25, -0.2) is 13.1 Å². The molecule has 0 saturated carbocycles. The first-order valence-corrected chi connectivity index (χ1v) is 8.09. The van der Waals surface area contributed by atoms with Crippen LogP contribution in [0.4, 0.5) is 5.69 Å². The van der Waals surface area contributed by atoms with Crippen molar-refractivity contribution in [2.75, 3.05) is 18.4 Å². The molecule has 0 aliphatic carbocycles. The Hall–Kier alpha value is -1.33. The van der Waals surface area contributed by atoms with Crippen LogP contribution in [0.25, 0.3) is 0 Å². The minimum atomic E-state index is -3.39. The molecule has 0 spiro atoms. The predicted octanol–water partition coefficient (Wildman–Crippen LogP) is 2.29. The molecule has 0 unspecified atom stereocenters. The van der Waals surface area contributed by atoms with Crippen molar-refractivity contribution in [1.82, 2.24) is 4.72 Å². The average Bonchev–Trinajstić information content (AvgIpc) is 2.43. The normalized spacial score (nSPS) is 15.2. The van der Waals surface area contributed by atoms with Gasteiger partial charge in [0.15, 0.2) is 0 Å². The minimum Gasteiger partial charge on any atom is -0.385 e. The van der Waals surface area contributed by atoms with E-state index in [1.165, 1.54) is 0 Å². The molecule has 0 atom stereocenters. The van der Waals surface area contributed by atoms with Gasteiger partial charge in [-0.3, -0.25) is 0 Å². The molecule has 0 aromatic heterocycles. The second-order valence-corrected chi connectivity index (χ2v) is 6.37. The summed E-state index contributed by atoms with van der Waals surface area (Å²) in [5, 5.41) is 3.28. The van der Waals surface area contributed by atoms with Gasteiger partial charge in [-0.05, 0) is 49.9 Å². The Morgan fingerprint density at radius 1 is 1.42 bits per heavy atom. The van der Waals surface area contributed by atoms with E-state index in [4.69, 9.17) is 0 Å². The number of anilines is 1. The van der Waals surface area contributed by atoms with E-state index in [0.717, 1.165) is 30.6 Å². The number of hydrogen-bond acceptors (Lipinski definition) is 3. The highest BCUT2D eigenvalue weighted by Crippen LogP contribution is 2.24. The van der Waals surface area contributed by atoms with Crippen LogP contribution in [0.3, 0.4) is 0 Å². The number of nitrogens with one attached hydrogen (secondary N) is 2. The highest BCUT2D eigenvalue weighted by molar-refractivity contribution is 7.89. The first-order chi connectivity index (χ1) is 9.13. The summed E-state index contributed by atoms with van der Waals surface area (Å²) in [6.07, 6.45) is 6.55. The van der Waals surface area contributed by atoms with E-state index < -0.39 is 10.0 Å². The molecule has 0 fully saturated rings. The zero-order valence-electron chi connectivity index (χ0n) is 11.1. The second-order valence-electron chi connectivity index (χ2n) is 4.60. The highest BCUT2D eigenvalue weighted by Gasteiger charge is 2.16. The zero-order valence-corrected chi connectivity index (χ0v) is 12.0. The van der Waals surface area contributed by atoms with E-state index in [-0.39, 0.29) is 0 Å². The topological polar surface area (TPSA) is 58.2 Å². The summed E-state index contributed by atoms with van der Waals surface area (Å²) < 4.78 is 26.9. The van der Waals surface area contributed by atoms with Crippen LogP contribution in [0.15, 0.2) is 35.2 Å². The summed E-state index contributed by atoms with van der Waals surface area (Å²) in [5.74, 6) is 0. The Balaban J connectivity index is 2.11. The van der Waals surface area contributed by atoms with Crippen molar-refractivity contribution in [3.63, 3.8) is 0 Å².